The SMILES string of the molecule is CC(O)CCNC(=O)NC1CCN(CCN(C)C)CC1. The van der Waals surface area contributed by atoms with E-state index in [2.05, 4.69) is 34.5 Å². The van der Waals surface area contributed by atoms with Crippen molar-refractivity contribution in [2.45, 2.75) is 38.3 Å². The molecule has 1 rings (SSSR count). The highest BCUT2D eigenvalue weighted by molar-refractivity contribution is 5.74. The number of nitrogens with zero attached hydrogens (tertiary/aromatic N) is 2. The number of likely N-dealkylation sites (N-methyl/N-ethyl adjacent to an activating group) is 1. The van der Waals surface area contributed by atoms with E-state index in [4.69, 9.17) is 5.11 Å². The predicted molar refractivity (Wildman–Crippen MR) is 80.8 cm³/mol. The second kappa shape index (κ2) is 9.15. The molecule has 1 atom stereocenters. The van der Waals surface area contributed by atoms with Crippen LogP contribution in [0.3, 0.4) is 0 Å². The maximum Gasteiger partial charge on any atom is 0.315 e. The van der Waals surface area contributed by atoms with Crippen molar-refractivity contribution in [1.29, 1.82) is 0 Å². The Kier molecular flexibility index (Phi) is 7.87. The third-order valence-electron chi connectivity index (χ3n) is 3.63. The van der Waals surface area contributed by atoms with Crippen LogP contribution in [0.15, 0.2) is 0 Å². The second-order valence-electron chi connectivity index (χ2n) is 5.96. The van der Waals surface area contributed by atoms with Crippen molar-refractivity contribution in [3.05, 3.63) is 0 Å². The van der Waals surface area contributed by atoms with Gasteiger partial charge in [0.25, 0.3) is 0 Å². The average molecular weight is 286 g/mol. The number of amides is 2. The van der Waals surface area contributed by atoms with Crippen LogP contribution in [-0.2, 0) is 0 Å². The summed E-state index contributed by atoms with van der Waals surface area (Å²) < 4.78 is 0. The van der Waals surface area contributed by atoms with Crippen molar-refractivity contribution < 1.29 is 9.90 Å². The van der Waals surface area contributed by atoms with Crippen LogP contribution in [0, 0.1) is 0 Å². The second-order valence-corrected chi connectivity index (χ2v) is 5.96. The smallest absolute Gasteiger partial charge is 0.315 e. The zero-order valence-electron chi connectivity index (χ0n) is 13.1. The number of carbonyl (C=O) groups is 1. The van der Waals surface area contributed by atoms with Gasteiger partial charge in [0, 0.05) is 38.8 Å². The highest BCUT2D eigenvalue weighted by Gasteiger charge is 2.20. The summed E-state index contributed by atoms with van der Waals surface area (Å²) in [7, 11) is 4.18. The van der Waals surface area contributed by atoms with Gasteiger partial charge in [0.15, 0.2) is 0 Å². The van der Waals surface area contributed by atoms with E-state index in [0.717, 1.165) is 39.0 Å². The van der Waals surface area contributed by atoms with E-state index in [1.54, 1.807) is 6.92 Å². The van der Waals surface area contributed by atoms with E-state index in [-0.39, 0.29) is 18.2 Å². The van der Waals surface area contributed by atoms with Gasteiger partial charge in [-0.05, 0) is 40.3 Å². The van der Waals surface area contributed by atoms with Gasteiger partial charge in [0.1, 0.15) is 0 Å². The molecule has 1 heterocycles. The number of nitrogens with one attached hydrogen (secondary N) is 2. The molecule has 0 aromatic heterocycles. The number of carbonyl (C=O) groups excluding carboxylic acids is 1. The van der Waals surface area contributed by atoms with Crippen LogP contribution >= 0.6 is 0 Å². The number of likely N-dealkylation sites (tertiary alicyclic amines) is 1. The third-order valence-corrected chi connectivity index (χ3v) is 3.63. The number of hydrogen-bond acceptors (Lipinski definition) is 4. The first-order chi connectivity index (χ1) is 9.47. The molecule has 118 valence electrons. The van der Waals surface area contributed by atoms with Crippen LogP contribution in [0.1, 0.15) is 26.2 Å². The zero-order valence-corrected chi connectivity index (χ0v) is 13.1. The van der Waals surface area contributed by atoms with E-state index < -0.39 is 0 Å². The minimum atomic E-state index is -0.366. The molecule has 1 aliphatic rings. The summed E-state index contributed by atoms with van der Waals surface area (Å²) in [6.45, 7) is 6.52. The summed E-state index contributed by atoms with van der Waals surface area (Å²) in [6.07, 6.45) is 2.25. The third kappa shape index (κ3) is 7.67. The Morgan fingerprint density at radius 3 is 2.60 bits per heavy atom. The molecule has 0 radical (unpaired) electrons. The highest BCUT2D eigenvalue weighted by Crippen LogP contribution is 2.09. The van der Waals surface area contributed by atoms with Crippen molar-refractivity contribution in [1.82, 2.24) is 20.4 Å². The molecule has 6 heteroatoms. The number of aliphatic hydroxyl groups excluding tert-OH is 1. The van der Waals surface area contributed by atoms with Crippen LogP contribution in [-0.4, -0.2) is 79.9 Å². The summed E-state index contributed by atoms with van der Waals surface area (Å²) in [6, 6.07) is 0.162. The molecule has 2 amide bonds. The van der Waals surface area contributed by atoms with Crippen molar-refractivity contribution in [2.75, 3.05) is 46.8 Å². The number of urea groups is 1. The first-order valence-electron chi connectivity index (χ1n) is 7.57. The molecule has 0 spiro atoms. The van der Waals surface area contributed by atoms with Gasteiger partial charge in [-0.15, -0.1) is 0 Å². The Bertz CT molecular complexity index is 276. The molecule has 0 aliphatic carbocycles. The fourth-order valence-electron chi connectivity index (χ4n) is 2.27. The lowest BCUT2D eigenvalue weighted by Crippen LogP contribution is -2.49. The summed E-state index contributed by atoms with van der Waals surface area (Å²) in [4.78, 5) is 16.3. The largest absolute Gasteiger partial charge is 0.393 e. The van der Waals surface area contributed by atoms with Gasteiger partial charge in [-0.3, -0.25) is 0 Å². The Labute approximate surface area is 122 Å². The van der Waals surface area contributed by atoms with E-state index in [1.807, 2.05) is 0 Å². The van der Waals surface area contributed by atoms with E-state index in [1.165, 1.54) is 0 Å². The first-order valence-corrected chi connectivity index (χ1v) is 7.57. The van der Waals surface area contributed by atoms with Crippen LogP contribution < -0.4 is 10.6 Å². The molecule has 1 aliphatic heterocycles. The lowest BCUT2D eigenvalue weighted by molar-refractivity contribution is 0.176. The van der Waals surface area contributed by atoms with Gasteiger partial charge in [0.2, 0.25) is 0 Å². The molecule has 1 saturated heterocycles. The molecule has 0 aromatic rings. The van der Waals surface area contributed by atoms with E-state index in [0.29, 0.717) is 13.0 Å². The van der Waals surface area contributed by atoms with Crippen molar-refractivity contribution >= 4 is 6.03 Å². The predicted octanol–water partition coefficient (Wildman–Crippen LogP) is 0.0825. The van der Waals surface area contributed by atoms with Gasteiger partial charge in [-0.2, -0.15) is 0 Å². The molecule has 3 N–H and O–H groups in total. The van der Waals surface area contributed by atoms with Gasteiger partial charge < -0.3 is 25.5 Å². The fraction of sp³-hybridized carbons (Fsp3) is 0.929. The normalized spacial score (nSPS) is 19.1. The molecule has 0 saturated carbocycles. The zero-order chi connectivity index (χ0) is 15.0. The minimum absolute atomic E-state index is 0.114. The van der Waals surface area contributed by atoms with E-state index in [9.17, 15) is 4.79 Å². The molecule has 0 aromatic carbocycles. The van der Waals surface area contributed by atoms with Crippen LogP contribution in [0.2, 0.25) is 0 Å². The molecule has 6 nitrogen and oxygen atoms in total. The number of hydrogen-bond donors (Lipinski definition) is 3. The number of piperidine rings is 1. The molecule has 20 heavy (non-hydrogen) atoms. The lowest BCUT2D eigenvalue weighted by atomic mass is 10.1. The topological polar surface area (TPSA) is 67.8 Å². The van der Waals surface area contributed by atoms with Crippen molar-refractivity contribution in [3.8, 4) is 0 Å². The molecule has 1 fully saturated rings. The number of aliphatic hydroxyl groups is 1. The maximum atomic E-state index is 11.7. The minimum Gasteiger partial charge on any atom is -0.393 e. The van der Waals surface area contributed by atoms with E-state index >= 15 is 0 Å². The monoisotopic (exact) mass is 286 g/mol. The summed E-state index contributed by atoms with van der Waals surface area (Å²) in [5, 5.41) is 14.9. The average Bonchev–Trinajstić information content (AvgIpc) is 2.37. The Morgan fingerprint density at radius 1 is 1.40 bits per heavy atom. The van der Waals surface area contributed by atoms with Crippen LogP contribution in [0.25, 0.3) is 0 Å². The van der Waals surface area contributed by atoms with Crippen molar-refractivity contribution in [3.63, 3.8) is 0 Å². The number of rotatable bonds is 7. The Hall–Kier alpha value is -0.850. The fourth-order valence-corrected chi connectivity index (χ4v) is 2.27. The summed E-state index contributed by atoms with van der Waals surface area (Å²) in [5.41, 5.74) is 0. The van der Waals surface area contributed by atoms with Crippen LogP contribution in [0.4, 0.5) is 4.79 Å². The van der Waals surface area contributed by atoms with Gasteiger partial charge in [-0.1, -0.05) is 0 Å². The lowest BCUT2D eigenvalue weighted by Gasteiger charge is -2.32. The van der Waals surface area contributed by atoms with Gasteiger partial charge >= 0.3 is 6.03 Å². The molecule has 1 unspecified atom stereocenters. The quantitative estimate of drug-likeness (QED) is 0.620. The maximum absolute atomic E-state index is 11.7. The molecular formula is C14H30N4O2. The standard InChI is InChI=1S/C14H30N4O2/c1-12(19)4-7-15-14(20)16-13-5-8-18(9-6-13)11-10-17(2)3/h12-13,19H,4-11H2,1-3H3,(H2,15,16,20). The van der Waals surface area contributed by atoms with Gasteiger partial charge in [-0.25, -0.2) is 4.79 Å². The van der Waals surface area contributed by atoms with Crippen molar-refractivity contribution in [2.24, 2.45) is 0 Å². The van der Waals surface area contributed by atoms with Crippen LogP contribution in [0.5, 0.6) is 0 Å². The Morgan fingerprint density at radius 2 is 2.05 bits per heavy atom. The Balaban J connectivity index is 2.10. The molecule has 0 bridgehead atoms. The summed E-state index contributed by atoms with van der Waals surface area (Å²) in [5.74, 6) is 0. The highest BCUT2D eigenvalue weighted by atomic mass is 16.3. The summed E-state index contributed by atoms with van der Waals surface area (Å²) >= 11 is 0. The van der Waals surface area contributed by atoms with Gasteiger partial charge in [0.05, 0.1) is 6.10 Å². The first kappa shape index (κ1) is 17.2. The molecular weight excluding hydrogens is 256 g/mol.